The number of carbonyl (C=O) groups is 1. The molecule has 0 atom stereocenters. The maximum atomic E-state index is 12.6. The lowest BCUT2D eigenvalue weighted by atomic mass is 10.2. The predicted molar refractivity (Wildman–Crippen MR) is 93.4 cm³/mol. The number of rotatable bonds is 5. The molecule has 138 valence electrons. The van der Waals surface area contributed by atoms with Crippen molar-refractivity contribution in [3.05, 3.63) is 46.8 Å². The van der Waals surface area contributed by atoms with Crippen LogP contribution >= 0.6 is 0 Å². The van der Waals surface area contributed by atoms with Crippen LogP contribution in [-0.2, 0) is 27.8 Å². The van der Waals surface area contributed by atoms with E-state index in [-0.39, 0.29) is 22.9 Å². The van der Waals surface area contributed by atoms with Crippen LogP contribution in [0.15, 0.2) is 44.8 Å². The first-order valence-electron chi connectivity index (χ1n) is 8.39. The zero-order valence-electron chi connectivity index (χ0n) is 14.3. The minimum Gasteiger partial charge on any atom is -0.416 e. The van der Waals surface area contributed by atoms with E-state index in [9.17, 15) is 18.0 Å². The standard InChI is InChI=1S/C17H19N3O5S/c1-17(5-6-17)18-26(23,24)13-3-2-12-4-7-20(14(12)10-13)15(21)11-19-8-9-25-16(19)22/h2-3,8-10,18H,4-7,11H2,1H3. The molecule has 1 fully saturated rings. The lowest BCUT2D eigenvalue weighted by Crippen LogP contribution is -2.35. The van der Waals surface area contributed by atoms with Crippen LogP contribution in [0.25, 0.3) is 0 Å². The highest BCUT2D eigenvalue weighted by Crippen LogP contribution is 2.37. The minimum absolute atomic E-state index is 0.143. The number of anilines is 1. The van der Waals surface area contributed by atoms with Crippen LogP contribution in [0.3, 0.4) is 0 Å². The Bertz CT molecular complexity index is 1030. The fraction of sp³-hybridized carbons (Fsp3) is 0.412. The van der Waals surface area contributed by atoms with Crippen molar-refractivity contribution in [3.8, 4) is 0 Å². The molecule has 9 heteroatoms. The van der Waals surface area contributed by atoms with Gasteiger partial charge in [0, 0.05) is 24.0 Å². The molecule has 1 aromatic heterocycles. The van der Waals surface area contributed by atoms with Crippen LogP contribution < -0.4 is 15.4 Å². The van der Waals surface area contributed by atoms with Gasteiger partial charge in [0.25, 0.3) is 0 Å². The summed E-state index contributed by atoms with van der Waals surface area (Å²) in [4.78, 5) is 25.7. The molecule has 8 nitrogen and oxygen atoms in total. The van der Waals surface area contributed by atoms with Crippen LogP contribution in [0.5, 0.6) is 0 Å². The Kier molecular flexibility index (Phi) is 3.81. The van der Waals surface area contributed by atoms with E-state index in [1.165, 1.54) is 28.0 Å². The van der Waals surface area contributed by atoms with Crippen LogP contribution in [0.2, 0.25) is 0 Å². The van der Waals surface area contributed by atoms with Gasteiger partial charge < -0.3 is 9.32 Å². The molecule has 1 saturated carbocycles. The molecule has 1 N–H and O–H groups in total. The first kappa shape index (κ1) is 17.0. The van der Waals surface area contributed by atoms with Gasteiger partial charge >= 0.3 is 5.76 Å². The Hall–Kier alpha value is -2.39. The first-order chi connectivity index (χ1) is 12.3. The second kappa shape index (κ2) is 5.82. The largest absolute Gasteiger partial charge is 0.419 e. The monoisotopic (exact) mass is 377 g/mol. The van der Waals surface area contributed by atoms with Gasteiger partial charge in [-0.05, 0) is 43.9 Å². The van der Waals surface area contributed by atoms with Gasteiger partial charge in [0.05, 0.1) is 4.90 Å². The predicted octanol–water partition coefficient (Wildman–Crippen LogP) is 0.861. The van der Waals surface area contributed by atoms with Crippen molar-refractivity contribution < 1.29 is 17.6 Å². The number of fused-ring (bicyclic) bond motifs is 1. The maximum Gasteiger partial charge on any atom is 0.419 e. The van der Waals surface area contributed by atoms with Crippen molar-refractivity contribution in [3.63, 3.8) is 0 Å². The highest BCUT2D eigenvalue weighted by Gasteiger charge is 2.41. The molecule has 1 aromatic carbocycles. The second-order valence-electron chi connectivity index (χ2n) is 7.05. The lowest BCUT2D eigenvalue weighted by Gasteiger charge is -2.19. The van der Waals surface area contributed by atoms with E-state index in [0.29, 0.717) is 18.7 Å². The summed E-state index contributed by atoms with van der Waals surface area (Å²) in [6.45, 7) is 2.17. The maximum absolute atomic E-state index is 12.6. The normalized spacial score (nSPS) is 18.0. The third-order valence-corrected chi connectivity index (χ3v) is 6.53. The summed E-state index contributed by atoms with van der Waals surface area (Å²) in [5.41, 5.74) is 1.13. The van der Waals surface area contributed by atoms with E-state index < -0.39 is 15.8 Å². The molecule has 1 aliphatic carbocycles. The molecule has 2 heterocycles. The summed E-state index contributed by atoms with van der Waals surface area (Å²) in [6, 6.07) is 4.85. The fourth-order valence-electron chi connectivity index (χ4n) is 3.10. The molecular weight excluding hydrogens is 358 g/mol. The number of carbonyl (C=O) groups excluding carboxylic acids is 1. The zero-order chi connectivity index (χ0) is 18.5. The molecule has 2 aromatic rings. The number of benzene rings is 1. The molecule has 0 unspecified atom stereocenters. The molecule has 0 bridgehead atoms. The quantitative estimate of drug-likeness (QED) is 0.833. The summed E-state index contributed by atoms with van der Waals surface area (Å²) < 4.78 is 33.7. The molecular formula is C17H19N3O5S. The molecule has 0 radical (unpaired) electrons. The van der Waals surface area contributed by atoms with Crippen molar-refractivity contribution in [1.29, 1.82) is 0 Å². The average molecular weight is 377 g/mol. The van der Waals surface area contributed by atoms with Crippen molar-refractivity contribution in [2.24, 2.45) is 0 Å². The Morgan fingerprint density at radius 3 is 2.77 bits per heavy atom. The Balaban J connectivity index is 1.60. The number of amides is 1. The smallest absolute Gasteiger partial charge is 0.416 e. The number of hydrogen-bond acceptors (Lipinski definition) is 5. The van der Waals surface area contributed by atoms with Crippen molar-refractivity contribution in [1.82, 2.24) is 9.29 Å². The number of hydrogen-bond donors (Lipinski definition) is 1. The number of oxazole rings is 1. The summed E-state index contributed by atoms with van der Waals surface area (Å²) in [5, 5.41) is 0. The topological polar surface area (TPSA) is 102 Å². The summed E-state index contributed by atoms with van der Waals surface area (Å²) in [5.74, 6) is -0.889. The Morgan fingerprint density at radius 2 is 2.12 bits per heavy atom. The van der Waals surface area contributed by atoms with E-state index in [1.54, 1.807) is 12.1 Å². The van der Waals surface area contributed by atoms with Crippen molar-refractivity contribution >= 4 is 21.6 Å². The summed E-state index contributed by atoms with van der Waals surface area (Å²) >= 11 is 0. The molecule has 1 aliphatic heterocycles. The Morgan fingerprint density at radius 1 is 1.35 bits per heavy atom. The van der Waals surface area contributed by atoms with Gasteiger partial charge in [0.1, 0.15) is 12.8 Å². The van der Waals surface area contributed by atoms with E-state index in [2.05, 4.69) is 9.14 Å². The fourth-order valence-corrected chi connectivity index (χ4v) is 4.58. The average Bonchev–Trinajstić information content (AvgIpc) is 2.97. The molecule has 1 amide bonds. The summed E-state index contributed by atoms with van der Waals surface area (Å²) in [7, 11) is -3.64. The van der Waals surface area contributed by atoms with Crippen LogP contribution in [0.1, 0.15) is 25.3 Å². The molecule has 0 saturated heterocycles. The highest BCUT2D eigenvalue weighted by atomic mass is 32.2. The van der Waals surface area contributed by atoms with Gasteiger partial charge in [-0.3, -0.25) is 9.36 Å². The Labute approximate surface area is 150 Å². The van der Waals surface area contributed by atoms with Gasteiger partial charge in [-0.2, -0.15) is 0 Å². The molecule has 26 heavy (non-hydrogen) atoms. The number of nitrogens with zero attached hydrogens (tertiary/aromatic N) is 2. The number of nitrogens with one attached hydrogen (secondary N) is 1. The third-order valence-electron chi connectivity index (χ3n) is 4.89. The van der Waals surface area contributed by atoms with E-state index in [0.717, 1.165) is 18.4 Å². The summed E-state index contributed by atoms with van der Waals surface area (Å²) in [6.07, 6.45) is 4.91. The zero-order valence-corrected chi connectivity index (χ0v) is 15.1. The van der Waals surface area contributed by atoms with Gasteiger partial charge in [0.2, 0.25) is 15.9 Å². The van der Waals surface area contributed by atoms with Gasteiger partial charge in [-0.1, -0.05) is 6.07 Å². The van der Waals surface area contributed by atoms with Gasteiger partial charge in [0.15, 0.2) is 0 Å². The third kappa shape index (κ3) is 3.08. The van der Waals surface area contributed by atoms with Crippen molar-refractivity contribution in [2.45, 2.75) is 43.2 Å². The second-order valence-corrected chi connectivity index (χ2v) is 8.73. The SMILES string of the molecule is CC1(NS(=O)(=O)c2ccc3c(c2)N(C(=O)Cn2ccoc2=O)CC3)CC1. The van der Waals surface area contributed by atoms with E-state index in [1.807, 2.05) is 6.92 Å². The number of aromatic nitrogens is 1. The highest BCUT2D eigenvalue weighted by molar-refractivity contribution is 7.89. The van der Waals surface area contributed by atoms with E-state index in [4.69, 9.17) is 0 Å². The van der Waals surface area contributed by atoms with Gasteiger partial charge in [-0.25, -0.2) is 17.9 Å². The van der Waals surface area contributed by atoms with Crippen LogP contribution in [-0.4, -0.2) is 31.0 Å². The van der Waals surface area contributed by atoms with Crippen LogP contribution in [0.4, 0.5) is 5.69 Å². The number of sulfonamides is 1. The van der Waals surface area contributed by atoms with Crippen LogP contribution in [0, 0.1) is 0 Å². The molecule has 2 aliphatic rings. The lowest BCUT2D eigenvalue weighted by molar-refractivity contribution is -0.119. The van der Waals surface area contributed by atoms with Gasteiger partial charge in [-0.15, -0.1) is 0 Å². The van der Waals surface area contributed by atoms with E-state index >= 15 is 0 Å². The molecule has 4 rings (SSSR count). The molecule has 0 spiro atoms. The minimum atomic E-state index is -3.64. The first-order valence-corrected chi connectivity index (χ1v) is 9.87. The van der Waals surface area contributed by atoms with Crippen molar-refractivity contribution in [2.75, 3.05) is 11.4 Å².